The fourth-order valence-corrected chi connectivity index (χ4v) is 4.48. The van der Waals surface area contributed by atoms with E-state index in [0.29, 0.717) is 6.61 Å². The lowest BCUT2D eigenvalue weighted by Crippen LogP contribution is -2.07. The van der Waals surface area contributed by atoms with Crippen LogP contribution < -0.4 is 5.32 Å². The van der Waals surface area contributed by atoms with Gasteiger partial charge in [-0.1, -0.05) is 19.1 Å². The highest BCUT2D eigenvalue weighted by atomic mass is 32.2. The highest BCUT2D eigenvalue weighted by Crippen LogP contribution is 2.33. The molecule has 0 aliphatic rings. The van der Waals surface area contributed by atoms with Crippen molar-refractivity contribution in [1.82, 2.24) is 9.97 Å². The number of hydrogen-bond donors (Lipinski definition) is 1. The molecule has 0 amide bonds. The topological polar surface area (TPSA) is 64.1 Å². The van der Waals surface area contributed by atoms with E-state index in [9.17, 15) is 4.79 Å². The molecule has 5 nitrogen and oxygen atoms in total. The predicted octanol–water partition coefficient (Wildman–Crippen LogP) is 5.65. The normalized spacial score (nSPS) is 10.8. The highest BCUT2D eigenvalue weighted by molar-refractivity contribution is 8.00. The number of nitrogens with zero attached hydrogens (tertiary/aromatic N) is 2. The third-order valence-corrected chi connectivity index (χ3v) is 6.61. The van der Waals surface area contributed by atoms with Crippen LogP contribution in [0.25, 0.3) is 10.7 Å². The van der Waals surface area contributed by atoms with Crippen LogP contribution in [-0.4, -0.2) is 28.8 Å². The third kappa shape index (κ3) is 5.36. The van der Waals surface area contributed by atoms with Crippen LogP contribution in [0, 0.1) is 6.92 Å². The summed E-state index contributed by atoms with van der Waals surface area (Å²) in [7, 11) is 0. The molecule has 2 aromatic heterocycles. The summed E-state index contributed by atoms with van der Waals surface area (Å²) < 4.78 is 6.25. The molecule has 0 unspecified atom stereocenters. The number of thioether (sulfide) groups is 1. The van der Waals surface area contributed by atoms with E-state index in [1.807, 2.05) is 38.1 Å². The second kappa shape index (κ2) is 9.89. The zero-order valence-corrected chi connectivity index (χ0v) is 18.7. The number of esters is 1. The number of nitrogens with one attached hydrogen (secondary N) is 1. The summed E-state index contributed by atoms with van der Waals surface area (Å²) in [6.07, 6.45) is 3.19. The Morgan fingerprint density at radius 2 is 1.90 bits per heavy atom. The van der Waals surface area contributed by atoms with Gasteiger partial charge in [0, 0.05) is 16.9 Å². The van der Waals surface area contributed by atoms with E-state index < -0.39 is 0 Å². The predicted molar refractivity (Wildman–Crippen MR) is 121 cm³/mol. The zero-order chi connectivity index (χ0) is 20.8. The van der Waals surface area contributed by atoms with Crippen molar-refractivity contribution in [2.75, 3.05) is 18.2 Å². The molecule has 0 fully saturated rings. The average molecular weight is 428 g/mol. The third-order valence-electron chi connectivity index (χ3n) is 4.44. The molecular formula is C22H25N3O2S2. The number of aromatic nitrogens is 2. The Hall–Kier alpha value is -2.38. The van der Waals surface area contributed by atoms with Crippen molar-refractivity contribution in [3.05, 3.63) is 53.2 Å². The Labute approximate surface area is 179 Å². The van der Waals surface area contributed by atoms with Gasteiger partial charge in [-0.2, -0.15) is 0 Å². The molecule has 0 saturated carbocycles. The van der Waals surface area contributed by atoms with Gasteiger partial charge in [-0.3, -0.25) is 4.79 Å². The Balaban J connectivity index is 1.84. The van der Waals surface area contributed by atoms with Gasteiger partial charge in [0.1, 0.15) is 5.82 Å². The first kappa shape index (κ1) is 21.3. The Morgan fingerprint density at radius 3 is 2.52 bits per heavy atom. The van der Waals surface area contributed by atoms with E-state index >= 15 is 0 Å². The summed E-state index contributed by atoms with van der Waals surface area (Å²) in [6, 6.07) is 12.0. The fourth-order valence-electron chi connectivity index (χ4n) is 3.00. The molecule has 0 spiro atoms. The van der Waals surface area contributed by atoms with E-state index in [-0.39, 0.29) is 12.4 Å². The molecule has 0 bridgehead atoms. The van der Waals surface area contributed by atoms with Crippen LogP contribution in [0.15, 0.2) is 40.6 Å². The maximum atomic E-state index is 11.6. The number of aryl methyl sites for hydroxylation is 1. The summed E-state index contributed by atoms with van der Waals surface area (Å²) in [5, 5.41) is 3.43. The van der Waals surface area contributed by atoms with Crippen LogP contribution in [0.5, 0.6) is 0 Å². The van der Waals surface area contributed by atoms with E-state index in [4.69, 9.17) is 14.7 Å². The molecule has 1 N–H and O–H groups in total. The van der Waals surface area contributed by atoms with Crippen LogP contribution in [-0.2, 0) is 22.4 Å². The van der Waals surface area contributed by atoms with Crippen molar-refractivity contribution < 1.29 is 9.53 Å². The van der Waals surface area contributed by atoms with E-state index in [0.717, 1.165) is 45.4 Å². The summed E-state index contributed by atoms with van der Waals surface area (Å²) >= 11 is 3.43. The number of hydrogen-bond acceptors (Lipinski definition) is 7. The highest BCUT2D eigenvalue weighted by Gasteiger charge is 2.14. The molecule has 0 aliphatic carbocycles. The van der Waals surface area contributed by atoms with Crippen LogP contribution in [0.2, 0.25) is 0 Å². The van der Waals surface area contributed by atoms with Crippen LogP contribution in [0.4, 0.5) is 11.5 Å². The molecule has 29 heavy (non-hydrogen) atoms. The van der Waals surface area contributed by atoms with Gasteiger partial charge in [0.2, 0.25) is 0 Å². The summed E-state index contributed by atoms with van der Waals surface area (Å²) in [4.78, 5) is 22.3. The van der Waals surface area contributed by atoms with Crippen LogP contribution >= 0.6 is 23.1 Å². The van der Waals surface area contributed by atoms with Gasteiger partial charge in [0.05, 0.1) is 22.1 Å². The molecule has 0 atom stereocenters. The molecule has 0 radical (unpaired) electrons. The van der Waals surface area contributed by atoms with Crippen molar-refractivity contribution in [1.29, 1.82) is 0 Å². The van der Waals surface area contributed by atoms with Gasteiger partial charge in [-0.15, -0.1) is 23.1 Å². The molecule has 152 valence electrons. The number of carbonyl (C=O) groups is 1. The fraction of sp³-hybridized carbons (Fsp3) is 0.318. The smallest absolute Gasteiger partial charge is 0.310 e. The lowest BCUT2D eigenvalue weighted by atomic mass is 10.1. The minimum atomic E-state index is -0.210. The average Bonchev–Trinajstić information content (AvgIpc) is 3.19. The Bertz CT molecular complexity index is 984. The first-order valence-corrected chi connectivity index (χ1v) is 11.6. The van der Waals surface area contributed by atoms with Crippen molar-refractivity contribution >= 4 is 40.6 Å². The van der Waals surface area contributed by atoms with Crippen molar-refractivity contribution in [2.45, 2.75) is 37.8 Å². The number of ether oxygens (including phenoxy) is 1. The van der Waals surface area contributed by atoms with Gasteiger partial charge in [0.25, 0.3) is 0 Å². The van der Waals surface area contributed by atoms with E-state index in [2.05, 4.69) is 30.6 Å². The van der Waals surface area contributed by atoms with Crippen molar-refractivity contribution in [3.63, 3.8) is 0 Å². The van der Waals surface area contributed by atoms with Gasteiger partial charge < -0.3 is 10.1 Å². The molecule has 2 heterocycles. The summed E-state index contributed by atoms with van der Waals surface area (Å²) in [5.41, 5.74) is 3.93. The monoisotopic (exact) mass is 427 g/mol. The number of carbonyl (C=O) groups excluding carboxylic acids is 1. The molecule has 3 rings (SSSR count). The van der Waals surface area contributed by atoms with Gasteiger partial charge in [-0.05, 0) is 56.4 Å². The van der Waals surface area contributed by atoms with Crippen molar-refractivity contribution in [3.8, 4) is 10.7 Å². The summed E-state index contributed by atoms with van der Waals surface area (Å²) in [6.45, 7) is 6.35. The molecule has 7 heteroatoms. The second-order valence-corrected chi connectivity index (χ2v) is 8.63. The zero-order valence-electron chi connectivity index (χ0n) is 17.1. The maximum absolute atomic E-state index is 11.6. The first-order chi connectivity index (χ1) is 14.0. The molecule has 0 aliphatic heterocycles. The van der Waals surface area contributed by atoms with Gasteiger partial charge in [0.15, 0.2) is 5.82 Å². The van der Waals surface area contributed by atoms with Crippen LogP contribution in [0.1, 0.15) is 30.7 Å². The molecular weight excluding hydrogens is 402 g/mol. The van der Waals surface area contributed by atoms with Gasteiger partial charge in [-0.25, -0.2) is 9.97 Å². The lowest BCUT2D eigenvalue weighted by molar-refractivity contribution is -0.142. The quantitative estimate of drug-likeness (QED) is 0.370. The van der Waals surface area contributed by atoms with Crippen molar-refractivity contribution in [2.24, 2.45) is 0 Å². The Morgan fingerprint density at radius 1 is 1.14 bits per heavy atom. The SMILES string of the molecule is CCOC(=O)Cc1ccc(Nc2nc(-c3ccc(SC)s3)nc(C)c2CC)cc1. The minimum Gasteiger partial charge on any atom is -0.466 e. The lowest BCUT2D eigenvalue weighted by Gasteiger charge is -2.14. The summed E-state index contributed by atoms with van der Waals surface area (Å²) in [5.74, 6) is 1.36. The second-order valence-electron chi connectivity index (χ2n) is 6.44. The van der Waals surface area contributed by atoms with Gasteiger partial charge >= 0.3 is 5.97 Å². The number of benzene rings is 1. The largest absolute Gasteiger partial charge is 0.466 e. The van der Waals surface area contributed by atoms with E-state index in [1.54, 1.807) is 23.1 Å². The number of rotatable bonds is 8. The van der Waals surface area contributed by atoms with E-state index in [1.165, 1.54) is 4.21 Å². The standard InChI is InChI=1S/C22H25N3O2S2/c1-5-17-14(3)23-22(18-11-12-20(28-4)29-18)25-21(17)24-16-9-7-15(8-10-16)13-19(26)27-6-2/h7-12H,5-6,13H2,1-4H3,(H,23,24,25). The number of anilines is 2. The minimum absolute atomic E-state index is 0.210. The Kier molecular flexibility index (Phi) is 7.28. The molecule has 0 saturated heterocycles. The molecule has 1 aromatic carbocycles. The first-order valence-electron chi connectivity index (χ1n) is 9.57. The maximum Gasteiger partial charge on any atom is 0.310 e. The number of thiophene rings is 1. The van der Waals surface area contributed by atoms with Crippen LogP contribution in [0.3, 0.4) is 0 Å². The molecule has 3 aromatic rings.